The Bertz CT molecular complexity index is 1110. The van der Waals surface area contributed by atoms with Gasteiger partial charge in [-0.3, -0.25) is 4.79 Å². The molecule has 0 saturated heterocycles. The third-order valence-electron chi connectivity index (χ3n) is 6.95. The summed E-state index contributed by atoms with van der Waals surface area (Å²) in [6.07, 6.45) is 7.02. The van der Waals surface area contributed by atoms with Crippen LogP contribution in [0.4, 0.5) is 0 Å². The first-order valence-electron chi connectivity index (χ1n) is 11.9. The lowest BCUT2D eigenvalue weighted by molar-refractivity contribution is 0.0728. The molecule has 2 fully saturated rings. The molecule has 0 bridgehead atoms. The minimum Gasteiger partial charge on any atom is -0.497 e. The molecule has 2 aliphatic rings. The van der Waals surface area contributed by atoms with Crippen LogP contribution in [0.15, 0.2) is 47.4 Å². The lowest BCUT2D eigenvalue weighted by Crippen LogP contribution is -2.38. The highest BCUT2D eigenvalue weighted by Gasteiger charge is 2.34. The maximum absolute atomic E-state index is 13.4. The van der Waals surface area contributed by atoms with E-state index in [9.17, 15) is 13.2 Å². The van der Waals surface area contributed by atoms with Gasteiger partial charge in [-0.15, -0.1) is 0 Å². The number of ether oxygens (including phenoxy) is 2. The Labute approximate surface area is 202 Å². The third kappa shape index (κ3) is 5.23. The molecule has 0 spiro atoms. The Morgan fingerprint density at radius 2 is 1.59 bits per heavy atom. The first-order valence-corrected chi connectivity index (χ1v) is 13.4. The van der Waals surface area contributed by atoms with Crippen molar-refractivity contribution in [1.82, 2.24) is 9.21 Å². The molecule has 7 nitrogen and oxygen atoms in total. The molecule has 2 aliphatic carbocycles. The Kier molecular flexibility index (Phi) is 7.48. The van der Waals surface area contributed by atoms with Gasteiger partial charge in [-0.25, -0.2) is 8.42 Å². The van der Waals surface area contributed by atoms with E-state index in [0.29, 0.717) is 23.6 Å². The Morgan fingerprint density at radius 3 is 2.18 bits per heavy atom. The van der Waals surface area contributed by atoms with E-state index >= 15 is 0 Å². The zero-order valence-electron chi connectivity index (χ0n) is 20.2. The fourth-order valence-electron chi connectivity index (χ4n) is 4.66. The highest BCUT2D eigenvalue weighted by Crippen LogP contribution is 2.33. The number of carbonyl (C=O) groups is 1. The molecule has 0 unspecified atom stereocenters. The van der Waals surface area contributed by atoms with Crippen molar-refractivity contribution in [2.45, 2.75) is 68.5 Å². The predicted octanol–water partition coefficient (Wildman–Crippen LogP) is 4.46. The molecule has 0 atom stereocenters. The molecule has 1 amide bonds. The van der Waals surface area contributed by atoms with Crippen LogP contribution in [0.2, 0.25) is 0 Å². The quantitative estimate of drug-likeness (QED) is 0.523. The standard InChI is InChI=1S/C26H34N2O5S/c1-27(21-7-5-4-6-8-21)34(30,31)24-15-10-19(11-16-24)26(29)28(22-12-13-22)18-20-9-14-23(32-2)17-25(20)33-3/h9-11,14-17,21-22H,4-8,12-13,18H2,1-3H3. The monoisotopic (exact) mass is 486 g/mol. The van der Waals surface area contributed by atoms with Crippen molar-refractivity contribution in [3.05, 3.63) is 53.6 Å². The molecular weight excluding hydrogens is 452 g/mol. The van der Waals surface area contributed by atoms with Gasteiger partial charge < -0.3 is 14.4 Å². The molecule has 2 aromatic rings. The SMILES string of the molecule is COc1ccc(CN(C(=O)c2ccc(S(=O)(=O)N(C)C3CCCCC3)cc2)C2CC2)c(OC)c1. The number of nitrogens with zero attached hydrogens (tertiary/aromatic N) is 2. The highest BCUT2D eigenvalue weighted by atomic mass is 32.2. The summed E-state index contributed by atoms with van der Waals surface area (Å²) < 4.78 is 38.6. The van der Waals surface area contributed by atoms with Crippen LogP contribution in [0.3, 0.4) is 0 Å². The van der Waals surface area contributed by atoms with Gasteiger partial charge in [0.05, 0.1) is 19.1 Å². The summed E-state index contributed by atoms with van der Waals surface area (Å²) in [6.45, 7) is 0.418. The molecule has 2 aromatic carbocycles. The number of rotatable bonds is 9. The van der Waals surface area contributed by atoms with Crippen molar-refractivity contribution in [1.29, 1.82) is 0 Å². The van der Waals surface area contributed by atoms with Crippen molar-refractivity contribution in [2.75, 3.05) is 21.3 Å². The Morgan fingerprint density at radius 1 is 0.912 bits per heavy atom. The van der Waals surface area contributed by atoms with Crippen molar-refractivity contribution in [3.8, 4) is 11.5 Å². The molecule has 0 radical (unpaired) electrons. The molecule has 34 heavy (non-hydrogen) atoms. The number of amides is 1. The van der Waals surface area contributed by atoms with E-state index in [1.807, 2.05) is 23.1 Å². The van der Waals surface area contributed by atoms with Crippen LogP contribution in [0, 0.1) is 0 Å². The van der Waals surface area contributed by atoms with Crippen molar-refractivity contribution in [3.63, 3.8) is 0 Å². The first-order chi connectivity index (χ1) is 16.3. The second kappa shape index (κ2) is 10.4. The predicted molar refractivity (Wildman–Crippen MR) is 131 cm³/mol. The number of methoxy groups -OCH3 is 2. The van der Waals surface area contributed by atoms with Gasteiger partial charge in [0, 0.05) is 42.9 Å². The highest BCUT2D eigenvalue weighted by molar-refractivity contribution is 7.89. The van der Waals surface area contributed by atoms with Gasteiger partial charge in [-0.05, 0) is 62.1 Å². The average Bonchev–Trinajstić information content (AvgIpc) is 3.72. The summed E-state index contributed by atoms with van der Waals surface area (Å²) >= 11 is 0. The minimum absolute atomic E-state index is 0.0462. The zero-order chi connectivity index (χ0) is 24.3. The number of carbonyl (C=O) groups excluding carboxylic acids is 1. The summed E-state index contributed by atoms with van der Waals surface area (Å²) in [5.41, 5.74) is 1.38. The van der Waals surface area contributed by atoms with Gasteiger partial charge >= 0.3 is 0 Å². The fourth-order valence-corrected chi connectivity index (χ4v) is 6.08. The van der Waals surface area contributed by atoms with E-state index in [4.69, 9.17) is 9.47 Å². The maximum atomic E-state index is 13.4. The number of hydrogen-bond donors (Lipinski definition) is 0. The van der Waals surface area contributed by atoms with Gasteiger partial charge in [0.1, 0.15) is 11.5 Å². The first kappa shape index (κ1) is 24.5. The van der Waals surface area contributed by atoms with Gasteiger partial charge in [0.25, 0.3) is 5.91 Å². The van der Waals surface area contributed by atoms with Crippen LogP contribution >= 0.6 is 0 Å². The van der Waals surface area contributed by atoms with E-state index in [1.165, 1.54) is 10.7 Å². The largest absolute Gasteiger partial charge is 0.497 e. The smallest absolute Gasteiger partial charge is 0.254 e. The fraction of sp³-hybridized carbons (Fsp3) is 0.500. The molecule has 4 rings (SSSR count). The summed E-state index contributed by atoms with van der Waals surface area (Å²) in [7, 11) is 1.28. The summed E-state index contributed by atoms with van der Waals surface area (Å²) in [5.74, 6) is 1.26. The Balaban J connectivity index is 1.51. The lowest BCUT2D eigenvalue weighted by atomic mass is 9.96. The number of benzene rings is 2. The Hall–Kier alpha value is -2.58. The average molecular weight is 487 g/mol. The maximum Gasteiger partial charge on any atom is 0.254 e. The van der Waals surface area contributed by atoms with Crippen molar-refractivity contribution < 1.29 is 22.7 Å². The molecule has 0 aliphatic heterocycles. The molecule has 0 N–H and O–H groups in total. The van der Waals surface area contributed by atoms with Gasteiger partial charge in [-0.1, -0.05) is 19.3 Å². The van der Waals surface area contributed by atoms with Crippen LogP contribution < -0.4 is 9.47 Å². The van der Waals surface area contributed by atoms with Gasteiger partial charge in [-0.2, -0.15) is 4.31 Å². The lowest BCUT2D eigenvalue weighted by Gasteiger charge is -2.30. The van der Waals surface area contributed by atoms with Gasteiger partial charge in [0.2, 0.25) is 10.0 Å². The number of sulfonamides is 1. The second-order valence-corrected chi connectivity index (χ2v) is 11.2. The molecule has 0 aromatic heterocycles. The van der Waals surface area contributed by atoms with E-state index in [2.05, 4.69) is 0 Å². The zero-order valence-corrected chi connectivity index (χ0v) is 21.0. The molecule has 0 heterocycles. The minimum atomic E-state index is -3.59. The van der Waals surface area contributed by atoms with Crippen LogP contribution in [0.25, 0.3) is 0 Å². The molecular formula is C26H34N2O5S. The van der Waals surface area contributed by atoms with Crippen LogP contribution in [0.5, 0.6) is 11.5 Å². The molecule has 8 heteroatoms. The van der Waals surface area contributed by atoms with E-state index < -0.39 is 10.0 Å². The molecule has 184 valence electrons. The van der Waals surface area contributed by atoms with Gasteiger partial charge in [0.15, 0.2) is 0 Å². The van der Waals surface area contributed by atoms with E-state index in [0.717, 1.165) is 44.1 Å². The van der Waals surface area contributed by atoms with Crippen LogP contribution in [0.1, 0.15) is 60.9 Å². The summed E-state index contributed by atoms with van der Waals surface area (Å²) in [4.78, 5) is 15.5. The van der Waals surface area contributed by atoms with Crippen molar-refractivity contribution in [2.24, 2.45) is 0 Å². The second-order valence-electron chi connectivity index (χ2n) is 9.18. The normalized spacial score (nSPS) is 16.9. The third-order valence-corrected chi connectivity index (χ3v) is 8.87. The van der Waals surface area contributed by atoms with Crippen LogP contribution in [-0.2, 0) is 16.6 Å². The summed E-state index contributed by atoms with van der Waals surface area (Å²) in [6, 6.07) is 12.2. The molecule has 2 saturated carbocycles. The number of hydrogen-bond acceptors (Lipinski definition) is 5. The summed E-state index contributed by atoms with van der Waals surface area (Å²) in [5, 5.41) is 0. The topological polar surface area (TPSA) is 76.2 Å². The van der Waals surface area contributed by atoms with Crippen LogP contribution in [-0.4, -0.2) is 56.9 Å². The van der Waals surface area contributed by atoms with Crippen molar-refractivity contribution >= 4 is 15.9 Å². The van der Waals surface area contributed by atoms with E-state index in [-0.39, 0.29) is 22.9 Å². The van der Waals surface area contributed by atoms with E-state index in [1.54, 1.807) is 45.5 Å².